The van der Waals surface area contributed by atoms with E-state index in [2.05, 4.69) is 15.5 Å². The average Bonchev–Trinajstić information content (AvgIpc) is 2.77. The molecule has 2 N–H and O–H groups in total. The Morgan fingerprint density at radius 3 is 2.65 bits per heavy atom. The number of anilines is 1. The summed E-state index contributed by atoms with van der Waals surface area (Å²) in [5.74, 6) is -0.821. The monoisotopic (exact) mass is 318 g/mol. The van der Waals surface area contributed by atoms with Gasteiger partial charge in [-0.15, -0.1) is 10.2 Å². The molecule has 0 fully saturated rings. The highest BCUT2D eigenvalue weighted by molar-refractivity contribution is 8.01. The van der Waals surface area contributed by atoms with E-state index in [0.717, 1.165) is 9.47 Å². The molecule has 0 aliphatic heterocycles. The molecule has 1 rings (SSSR count). The van der Waals surface area contributed by atoms with Crippen molar-refractivity contribution in [2.45, 2.75) is 42.3 Å². The van der Waals surface area contributed by atoms with Crippen molar-refractivity contribution in [1.29, 1.82) is 0 Å². The maximum Gasteiger partial charge on any atom is 0.323 e. The van der Waals surface area contributed by atoms with Gasteiger partial charge in [-0.25, -0.2) is 0 Å². The van der Waals surface area contributed by atoms with Crippen LogP contribution < -0.4 is 10.2 Å². The molecule has 0 aromatic carbocycles. The molecule has 114 valence electrons. The molecule has 1 heterocycles. The number of carboxylic acids is 1. The molecule has 0 spiro atoms. The normalized spacial score (nSPS) is 15.7. The number of nitrogens with one attached hydrogen (secondary N) is 1. The smallest absolute Gasteiger partial charge is 0.323 e. The van der Waals surface area contributed by atoms with Crippen molar-refractivity contribution in [2.24, 2.45) is 0 Å². The van der Waals surface area contributed by atoms with Gasteiger partial charge in [0.05, 0.1) is 0 Å². The van der Waals surface area contributed by atoms with Gasteiger partial charge < -0.3 is 15.3 Å². The van der Waals surface area contributed by atoms with Gasteiger partial charge in [-0.3, -0.25) is 4.79 Å². The molecule has 1 aromatic rings. The Morgan fingerprint density at radius 2 is 2.20 bits per heavy atom. The molecule has 2 atom stereocenters. The molecule has 0 radical (unpaired) electrons. The average molecular weight is 318 g/mol. The molecule has 0 aliphatic rings. The second kappa shape index (κ2) is 7.24. The van der Waals surface area contributed by atoms with Gasteiger partial charge >= 0.3 is 5.97 Å². The van der Waals surface area contributed by atoms with E-state index >= 15 is 0 Å². The van der Waals surface area contributed by atoms with Crippen molar-refractivity contribution in [1.82, 2.24) is 15.5 Å². The first kappa shape index (κ1) is 17.2. The summed E-state index contributed by atoms with van der Waals surface area (Å²) >= 11 is 3.08. The quantitative estimate of drug-likeness (QED) is 0.709. The number of aliphatic carboxylic acids is 1. The molecule has 0 bridgehead atoms. The van der Waals surface area contributed by atoms with E-state index in [1.165, 1.54) is 11.3 Å². The number of carbonyl (C=O) groups is 1. The second-order valence-electron chi connectivity index (χ2n) is 5.05. The third-order valence-electron chi connectivity index (χ3n) is 2.82. The third-order valence-corrected chi connectivity index (χ3v) is 5.09. The van der Waals surface area contributed by atoms with Gasteiger partial charge in [-0.05, 0) is 19.9 Å². The summed E-state index contributed by atoms with van der Waals surface area (Å²) in [4.78, 5) is 13.3. The third kappa shape index (κ3) is 4.60. The Kier molecular flexibility index (Phi) is 6.22. The number of thioether (sulfide) groups is 1. The molecule has 1 aromatic heterocycles. The number of hydrogen-bond donors (Lipinski definition) is 2. The van der Waals surface area contributed by atoms with E-state index in [1.54, 1.807) is 18.7 Å². The second-order valence-corrected chi connectivity index (χ2v) is 7.69. The zero-order valence-corrected chi connectivity index (χ0v) is 14.1. The molecule has 2 unspecified atom stereocenters. The van der Waals surface area contributed by atoms with Crippen molar-refractivity contribution in [3.63, 3.8) is 0 Å². The highest BCUT2D eigenvalue weighted by Gasteiger charge is 2.34. The lowest BCUT2D eigenvalue weighted by molar-refractivity contribution is -0.144. The van der Waals surface area contributed by atoms with Crippen LogP contribution >= 0.6 is 23.1 Å². The van der Waals surface area contributed by atoms with E-state index in [4.69, 9.17) is 0 Å². The molecule has 0 amide bonds. The topological polar surface area (TPSA) is 78.4 Å². The highest BCUT2D eigenvalue weighted by atomic mass is 32.2. The zero-order chi connectivity index (χ0) is 15.3. The van der Waals surface area contributed by atoms with Crippen LogP contribution in [0, 0.1) is 0 Å². The van der Waals surface area contributed by atoms with Crippen LogP contribution in [0.3, 0.4) is 0 Å². The summed E-state index contributed by atoms with van der Waals surface area (Å²) < 4.78 is 0.866. The fourth-order valence-electron chi connectivity index (χ4n) is 1.84. The van der Waals surface area contributed by atoms with Gasteiger partial charge in [-0.1, -0.05) is 36.9 Å². The predicted molar refractivity (Wildman–Crippen MR) is 83.9 cm³/mol. The number of carboxylic acid groups (broad SMARTS) is 1. The van der Waals surface area contributed by atoms with E-state index in [9.17, 15) is 9.90 Å². The molecular formula is C12H22N4O2S2. The van der Waals surface area contributed by atoms with Crippen LogP contribution in [0.1, 0.15) is 27.2 Å². The van der Waals surface area contributed by atoms with E-state index in [1.807, 2.05) is 32.8 Å². The Morgan fingerprint density at radius 1 is 1.55 bits per heavy atom. The molecular weight excluding hydrogens is 296 g/mol. The van der Waals surface area contributed by atoms with E-state index in [0.29, 0.717) is 13.0 Å². The number of likely N-dealkylation sites (N-methyl/N-ethyl adjacent to an activating group) is 1. The summed E-state index contributed by atoms with van der Waals surface area (Å²) in [5.41, 5.74) is -0.907. The van der Waals surface area contributed by atoms with Crippen molar-refractivity contribution in [2.75, 3.05) is 25.5 Å². The number of rotatable bonds is 8. The Bertz CT molecular complexity index is 452. The minimum absolute atomic E-state index is 0.137. The lowest BCUT2D eigenvalue weighted by atomic mass is 9.96. The van der Waals surface area contributed by atoms with Gasteiger partial charge in [0.1, 0.15) is 5.54 Å². The summed E-state index contributed by atoms with van der Waals surface area (Å²) in [7, 11) is 3.84. The maximum atomic E-state index is 11.4. The summed E-state index contributed by atoms with van der Waals surface area (Å²) in [6.45, 7) is 6.28. The minimum atomic E-state index is -0.907. The van der Waals surface area contributed by atoms with E-state index < -0.39 is 11.5 Å². The van der Waals surface area contributed by atoms with Crippen molar-refractivity contribution >= 4 is 34.2 Å². The first-order valence-electron chi connectivity index (χ1n) is 6.44. The highest BCUT2D eigenvalue weighted by Crippen LogP contribution is 2.33. The largest absolute Gasteiger partial charge is 0.480 e. The molecule has 6 nitrogen and oxygen atoms in total. The summed E-state index contributed by atoms with van der Waals surface area (Å²) in [5, 5.41) is 21.6. The van der Waals surface area contributed by atoms with Gasteiger partial charge in [-0.2, -0.15) is 0 Å². The van der Waals surface area contributed by atoms with Gasteiger partial charge in [0.15, 0.2) is 4.34 Å². The summed E-state index contributed by atoms with van der Waals surface area (Å²) in [6, 6.07) is 0. The van der Waals surface area contributed by atoms with Crippen LogP contribution in [0.15, 0.2) is 4.34 Å². The Balaban J connectivity index is 2.65. The van der Waals surface area contributed by atoms with Crippen molar-refractivity contribution in [3.05, 3.63) is 0 Å². The van der Waals surface area contributed by atoms with E-state index in [-0.39, 0.29) is 5.25 Å². The molecule has 20 heavy (non-hydrogen) atoms. The SMILES string of the molecule is CCNC(C)(CC(C)Sc1nnc(N(C)C)s1)C(=O)O. The molecule has 8 heteroatoms. The number of hydrogen-bond acceptors (Lipinski definition) is 7. The van der Waals surface area contributed by atoms with Crippen LogP contribution in [0.2, 0.25) is 0 Å². The lowest BCUT2D eigenvalue weighted by Crippen LogP contribution is -2.50. The van der Waals surface area contributed by atoms with Crippen LogP contribution in [0.5, 0.6) is 0 Å². The van der Waals surface area contributed by atoms with Crippen LogP contribution in [0.25, 0.3) is 0 Å². The summed E-state index contributed by atoms with van der Waals surface area (Å²) in [6.07, 6.45) is 0.526. The van der Waals surface area contributed by atoms with Gasteiger partial charge in [0.2, 0.25) is 5.13 Å². The van der Waals surface area contributed by atoms with Gasteiger partial charge in [0.25, 0.3) is 0 Å². The van der Waals surface area contributed by atoms with Crippen LogP contribution in [-0.2, 0) is 4.79 Å². The number of aromatic nitrogens is 2. The predicted octanol–water partition coefficient (Wildman–Crippen LogP) is 1.93. The fourth-order valence-corrected chi connectivity index (χ4v) is 4.10. The van der Waals surface area contributed by atoms with Crippen molar-refractivity contribution in [3.8, 4) is 0 Å². The Labute approximate surface area is 128 Å². The minimum Gasteiger partial charge on any atom is -0.480 e. The molecule has 0 saturated carbocycles. The zero-order valence-electron chi connectivity index (χ0n) is 12.5. The Hall–Kier alpha value is -0.860. The van der Waals surface area contributed by atoms with Crippen LogP contribution in [0.4, 0.5) is 5.13 Å². The first-order valence-corrected chi connectivity index (χ1v) is 8.14. The fraction of sp³-hybridized carbons (Fsp3) is 0.750. The standard InChI is InChI=1S/C12H22N4O2S2/c1-6-13-12(3,9(17)18)7-8(2)19-11-15-14-10(20-11)16(4)5/h8,13H,6-7H2,1-5H3,(H,17,18). The lowest BCUT2D eigenvalue weighted by Gasteiger charge is -2.28. The van der Waals surface area contributed by atoms with Crippen molar-refractivity contribution < 1.29 is 9.90 Å². The molecule has 0 saturated heterocycles. The van der Waals surface area contributed by atoms with Gasteiger partial charge in [0, 0.05) is 19.3 Å². The first-order chi connectivity index (χ1) is 9.28. The molecule has 0 aliphatic carbocycles. The van der Waals surface area contributed by atoms with Crippen LogP contribution in [-0.4, -0.2) is 52.7 Å². The maximum absolute atomic E-state index is 11.4. The number of nitrogens with zero attached hydrogens (tertiary/aromatic N) is 3.